The molecule has 0 saturated heterocycles. The molecule has 2 N–H and O–H groups in total. The number of carbonyl (C=O) groups is 1. The van der Waals surface area contributed by atoms with E-state index in [4.69, 9.17) is 0 Å². The third-order valence-electron chi connectivity index (χ3n) is 4.73. The number of benzene rings is 2. The van der Waals surface area contributed by atoms with Crippen LogP contribution in [0.5, 0.6) is 0 Å². The number of rotatable bonds is 4. The molecule has 2 heterocycles. The van der Waals surface area contributed by atoms with E-state index in [1.165, 1.54) is 4.57 Å². The van der Waals surface area contributed by atoms with Crippen molar-refractivity contribution >= 4 is 49.6 Å². The lowest BCUT2D eigenvalue weighted by Crippen LogP contribution is -2.35. The molecule has 8 heteroatoms. The van der Waals surface area contributed by atoms with Gasteiger partial charge in [0.15, 0.2) is 0 Å². The Bertz CT molecular complexity index is 1240. The van der Waals surface area contributed by atoms with Crippen molar-refractivity contribution < 1.29 is 4.79 Å². The predicted octanol–water partition coefficient (Wildman–Crippen LogP) is 3.43. The number of hydrazine groups is 1. The van der Waals surface area contributed by atoms with Gasteiger partial charge in [-0.05, 0) is 41.1 Å². The van der Waals surface area contributed by atoms with Crippen molar-refractivity contribution in [3.8, 4) is 0 Å². The molecule has 0 radical (unpaired) electrons. The van der Waals surface area contributed by atoms with Gasteiger partial charge in [-0.25, -0.2) is 4.98 Å². The lowest BCUT2D eigenvalue weighted by molar-refractivity contribution is 0.0953. The minimum atomic E-state index is -0.337. The Labute approximate surface area is 169 Å². The van der Waals surface area contributed by atoms with Crippen molar-refractivity contribution in [3.05, 3.63) is 69.1 Å². The van der Waals surface area contributed by atoms with Crippen molar-refractivity contribution in [1.82, 2.24) is 19.5 Å². The molecule has 0 unspecified atom stereocenters. The standard InChI is InChI=1S/C20H18BrN5O2/c1-3-26-19(28)12-8-4-6-10-14(12)22-20(26)24-23-18(27)17-16(21)13-9-5-7-11-15(13)25(17)2/h4-11H,3H2,1-2H3,(H,22,24)(H,23,27). The number of amides is 1. The summed E-state index contributed by atoms with van der Waals surface area (Å²) in [6.07, 6.45) is 0. The third kappa shape index (κ3) is 2.86. The summed E-state index contributed by atoms with van der Waals surface area (Å²) in [7, 11) is 1.83. The van der Waals surface area contributed by atoms with Gasteiger partial charge in [-0.1, -0.05) is 30.3 Å². The second kappa shape index (κ2) is 7.12. The topological polar surface area (TPSA) is 81.0 Å². The first kappa shape index (κ1) is 18.2. The van der Waals surface area contributed by atoms with Crippen LogP contribution < -0.4 is 16.4 Å². The van der Waals surface area contributed by atoms with Gasteiger partial charge >= 0.3 is 0 Å². The average molecular weight is 440 g/mol. The number of anilines is 1. The Balaban J connectivity index is 1.69. The van der Waals surface area contributed by atoms with E-state index in [1.54, 1.807) is 18.2 Å². The quantitative estimate of drug-likeness (QED) is 0.477. The SMILES string of the molecule is CCn1c(NNC(=O)c2c(Br)c3ccccc3n2C)nc2ccccc2c1=O. The van der Waals surface area contributed by atoms with Crippen LogP contribution in [0.1, 0.15) is 17.4 Å². The highest BCUT2D eigenvalue weighted by Crippen LogP contribution is 2.30. The minimum Gasteiger partial charge on any atom is -0.339 e. The van der Waals surface area contributed by atoms with Crippen LogP contribution in [-0.4, -0.2) is 20.0 Å². The van der Waals surface area contributed by atoms with E-state index in [9.17, 15) is 9.59 Å². The molecular weight excluding hydrogens is 422 g/mol. The fourth-order valence-corrected chi connectivity index (χ4v) is 4.11. The number of hydrogen-bond acceptors (Lipinski definition) is 4. The van der Waals surface area contributed by atoms with Crippen LogP contribution in [0.15, 0.2) is 57.8 Å². The zero-order valence-corrected chi connectivity index (χ0v) is 16.9. The average Bonchev–Trinajstić information content (AvgIpc) is 2.97. The molecule has 0 saturated carbocycles. The number of nitrogens with one attached hydrogen (secondary N) is 2. The number of aromatic nitrogens is 3. The van der Waals surface area contributed by atoms with Gasteiger partial charge in [0.2, 0.25) is 5.95 Å². The summed E-state index contributed by atoms with van der Waals surface area (Å²) in [6.45, 7) is 2.28. The third-order valence-corrected chi connectivity index (χ3v) is 5.53. The molecular formula is C20H18BrN5O2. The Hall–Kier alpha value is -3.13. The summed E-state index contributed by atoms with van der Waals surface area (Å²) >= 11 is 3.52. The molecule has 28 heavy (non-hydrogen) atoms. The van der Waals surface area contributed by atoms with Crippen molar-refractivity contribution in [2.24, 2.45) is 7.05 Å². The Morgan fingerprint density at radius 3 is 2.50 bits per heavy atom. The molecule has 4 aromatic rings. The zero-order valence-electron chi connectivity index (χ0n) is 15.4. The molecule has 0 aliphatic rings. The van der Waals surface area contributed by atoms with Crippen LogP contribution in [-0.2, 0) is 13.6 Å². The number of aryl methyl sites for hydroxylation is 1. The molecule has 4 rings (SSSR count). The Morgan fingerprint density at radius 1 is 1.11 bits per heavy atom. The van der Waals surface area contributed by atoms with Crippen molar-refractivity contribution in [1.29, 1.82) is 0 Å². The molecule has 0 aliphatic heterocycles. The number of fused-ring (bicyclic) bond motifs is 2. The second-order valence-corrected chi connectivity index (χ2v) is 7.11. The largest absolute Gasteiger partial charge is 0.339 e. The first-order valence-corrected chi connectivity index (χ1v) is 9.61. The molecule has 0 bridgehead atoms. The van der Waals surface area contributed by atoms with E-state index in [1.807, 2.05) is 48.9 Å². The second-order valence-electron chi connectivity index (χ2n) is 6.32. The molecule has 0 spiro atoms. The van der Waals surface area contributed by atoms with E-state index in [2.05, 4.69) is 31.8 Å². The molecule has 0 aliphatic carbocycles. The van der Waals surface area contributed by atoms with Gasteiger partial charge in [0.05, 0.1) is 15.4 Å². The summed E-state index contributed by atoms with van der Waals surface area (Å²) < 4.78 is 4.01. The summed E-state index contributed by atoms with van der Waals surface area (Å²) in [6, 6.07) is 14.9. The first-order valence-electron chi connectivity index (χ1n) is 8.81. The van der Waals surface area contributed by atoms with E-state index in [0.717, 1.165) is 10.9 Å². The van der Waals surface area contributed by atoms with E-state index >= 15 is 0 Å². The summed E-state index contributed by atoms with van der Waals surface area (Å²) in [4.78, 5) is 30.0. The monoisotopic (exact) mass is 439 g/mol. The van der Waals surface area contributed by atoms with Gasteiger partial charge in [0.25, 0.3) is 11.5 Å². The Morgan fingerprint density at radius 2 is 1.79 bits per heavy atom. The fraction of sp³-hybridized carbons (Fsp3) is 0.150. The summed E-state index contributed by atoms with van der Waals surface area (Å²) in [5, 5.41) is 1.49. The maximum atomic E-state index is 12.8. The van der Waals surface area contributed by atoms with E-state index < -0.39 is 0 Å². The normalized spacial score (nSPS) is 11.1. The van der Waals surface area contributed by atoms with Crippen LogP contribution in [0.4, 0.5) is 5.95 Å². The molecule has 1 amide bonds. The van der Waals surface area contributed by atoms with Gasteiger partial charge in [-0.2, -0.15) is 0 Å². The number of hydrogen-bond donors (Lipinski definition) is 2. The molecule has 2 aromatic heterocycles. The highest BCUT2D eigenvalue weighted by molar-refractivity contribution is 9.10. The number of nitrogens with zero attached hydrogens (tertiary/aromatic N) is 3. The zero-order chi connectivity index (χ0) is 19.8. The van der Waals surface area contributed by atoms with Crippen molar-refractivity contribution in [3.63, 3.8) is 0 Å². The maximum Gasteiger partial charge on any atom is 0.287 e. The fourth-order valence-electron chi connectivity index (χ4n) is 3.33. The van der Waals surface area contributed by atoms with E-state index in [-0.39, 0.29) is 17.4 Å². The molecule has 0 fully saturated rings. The smallest absolute Gasteiger partial charge is 0.287 e. The van der Waals surface area contributed by atoms with Gasteiger partial charge in [-0.15, -0.1) is 0 Å². The molecule has 142 valence electrons. The Kier molecular flexibility index (Phi) is 4.64. The first-order chi connectivity index (χ1) is 13.5. The number of carbonyl (C=O) groups excluding carboxylic acids is 1. The van der Waals surface area contributed by atoms with Crippen LogP contribution in [0, 0.1) is 0 Å². The summed E-state index contributed by atoms with van der Waals surface area (Å²) in [5.74, 6) is -0.0509. The number of halogens is 1. The highest BCUT2D eigenvalue weighted by Gasteiger charge is 2.20. The lowest BCUT2D eigenvalue weighted by atomic mass is 10.2. The molecule has 0 atom stereocenters. The maximum absolute atomic E-state index is 12.8. The van der Waals surface area contributed by atoms with Gasteiger partial charge < -0.3 is 4.57 Å². The van der Waals surface area contributed by atoms with Crippen molar-refractivity contribution in [2.75, 3.05) is 5.43 Å². The number of para-hydroxylation sites is 2. The van der Waals surface area contributed by atoms with E-state index in [0.29, 0.717) is 27.6 Å². The van der Waals surface area contributed by atoms with Crippen molar-refractivity contribution in [2.45, 2.75) is 13.5 Å². The van der Waals surface area contributed by atoms with Gasteiger partial charge in [0, 0.05) is 24.5 Å². The van der Waals surface area contributed by atoms with Crippen LogP contribution in [0.3, 0.4) is 0 Å². The highest BCUT2D eigenvalue weighted by atomic mass is 79.9. The molecule has 7 nitrogen and oxygen atoms in total. The van der Waals surface area contributed by atoms with Crippen LogP contribution >= 0.6 is 15.9 Å². The van der Waals surface area contributed by atoms with Gasteiger partial charge in [0.1, 0.15) is 5.69 Å². The van der Waals surface area contributed by atoms with Crippen LogP contribution in [0.2, 0.25) is 0 Å². The molecule has 2 aromatic carbocycles. The lowest BCUT2D eigenvalue weighted by Gasteiger charge is -2.14. The van der Waals surface area contributed by atoms with Gasteiger partial charge in [-0.3, -0.25) is 25.0 Å². The minimum absolute atomic E-state index is 0.157. The predicted molar refractivity (Wildman–Crippen MR) is 113 cm³/mol. The van der Waals surface area contributed by atoms with Crippen LogP contribution in [0.25, 0.3) is 21.8 Å². The summed E-state index contributed by atoms with van der Waals surface area (Å²) in [5.41, 5.74) is 7.30.